The van der Waals surface area contributed by atoms with Crippen LogP contribution in [0.25, 0.3) is 0 Å². The molecule has 0 bridgehead atoms. The number of nitrogens with one attached hydrogen (secondary N) is 1. The Morgan fingerprint density at radius 2 is 2.17 bits per heavy atom. The summed E-state index contributed by atoms with van der Waals surface area (Å²) in [6.07, 6.45) is -3.41. The Balaban J connectivity index is 2.41. The van der Waals surface area contributed by atoms with Gasteiger partial charge in [0, 0.05) is 6.54 Å². The van der Waals surface area contributed by atoms with Gasteiger partial charge in [0.25, 0.3) is 0 Å². The van der Waals surface area contributed by atoms with Gasteiger partial charge in [0.05, 0.1) is 12.1 Å². The highest BCUT2D eigenvalue weighted by molar-refractivity contribution is 5.77. The Morgan fingerprint density at radius 3 is 2.83 bits per heavy atom. The van der Waals surface area contributed by atoms with Gasteiger partial charge in [-0.1, -0.05) is 19.4 Å². The second kappa shape index (κ2) is 9.24. The van der Waals surface area contributed by atoms with Crippen LogP contribution in [0.5, 0.6) is 5.75 Å². The van der Waals surface area contributed by atoms with Crippen molar-refractivity contribution in [3.63, 3.8) is 0 Å². The number of aliphatic imine (C=N–C) groups is 1. The molecule has 1 aromatic rings. The van der Waals surface area contributed by atoms with Crippen LogP contribution in [-0.2, 0) is 6.18 Å². The SMILES string of the molecule is CCCCNC(N)=NCC(O)COc1cccc(C(F)(F)F)c1. The summed E-state index contributed by atoms with van der Waals surface area (Å²) in [4.78, 5) is 3.94. The molecule has 0 aliphatic carbocycles. The number of alkyl halides is 3. The van der Waals surface area contributed by atoms with Gasteiger partial charge >= 0.3 is 6.18 Å². The maximum absolute atomic E-state index is 12.6. The van der Waals surface area contributed by atoms with Crippen LogP contribution in [0.3, 0.4) is 0 Å². The summed E-state index contributed by atoms with van der Waals surface area (Å²) in [5.74, 6) is 0.258. The summed E-state index contributed by atoms with van der Waals surface area (Å²) in [6, 6.07) is 4.48. The minimum absolute atomic E-state index is 0.00389. The first-order valence-electron chi connectivity index (χ1n) is 7.34. The minimum atomic E-state index is -4.43. The third-order valence-corrected chi connectivity index (χ3v) is 2.91. The van der Waals surface area contributed by atoms with Crippen molar-refractivity contribution in [1.29, 1.82) is 0 Å². The molecule has 0 fully saturated rings. The molecule has 1 aromatic carbocycles. The van der Waals surface area contributed by atoms with E-state index in [-0.39, 0.29) is 24.9 Å². The van der Waals surface area contributed by atoms with Gasteiger partial charge in [0.2, 0.25) is 0 Å². The molecule has 0 aliphatic rings. The van der Waals surface area contributed by atoms with Crippen LogP contribution in [-0.4, -0.2) is 36.9 Å². The summed E-state index contributed by atoms with van der Waals surface area (Å²) >= 11 is 0. The number of halogens is 3. The molecular weight excluding hydrogens is 311 g/mol. The number of aliphatic hydroxyl groups is 1. The largest absolute Gasteiger partial charge is 0.491 e. The number of nitrogens with zero attached hydrogens (tertiary/aromatic N) is 1. The Kier molecular flexibility index (Phi) is 7.67. The lowest BCUT2D eigenvalue weighted by Crippen LogP contribution is -2.34. The van der Waals surface area contributed by atoms with Gasteiger partial charge in [0.15, 0.2) is 5.96 Å². The summed E-state index contributed by atoms with van der Waals surface area (Å²) in [6.45, 7) is 2.57. The van der Waals surface area contributed by atoms with Gasteiger partial charge in [-0.2, -0.15) is 13.2 Å². The molecule has 1 atom stereocenters. The van der Waals surface area contributed by atoms with Gasteiger partial charge in [0.1, 0.15) is 18.5 Å². The second-order valence-corrected chi connectivity index (χ2v) is 5.00. The van der Waals surface area contributed by atoms with E-state index in [1.54, 1.807) is 0 Å². The highest BCUT2D eigenvalue weighted by atomic mass is 19.4. The van der Waals surface area contributed by atoms with Crippen molar-refractivity contribution in [2.45, 2.75) is 32.0 Å². The van der Waals surface area contributed by atoms with Gasteiger partial charge in [-0.15, -0.1) is 0 Å². The van der Waals surface area contributed by atoms with Crippen LogP contribution >= 0.6 is 0 Å². The molecule has 23 heavy (non-hydrogen) atoms. The summed E-state index contributed by atoms with van der Waals surface area (Å²) in [7, 11) is 0. The fraction of sp³-hybridized carbons (Fsp3) is 0.533. The average Bonchev–Trinajstić information content (AvgIpc) is 2.50. The zero-order valence-corrected chi connectivity index (χ0v) is 12.9. The minimum Gasteiger partial charge on any atom is -0.491 e. The molecule has 0 amide bonds. The van der Waals surface area contributed by atoms with E-state index >= 15 is 0 Å². The first kappa shape index (κ1) is 19.1. The third-order valence-electron chi connectivity index (χ3n) is 2.91. The van der Waals surface area contributed by atoms with Gasteiger partial charge in [-0.25, -0.2) is 0 Å². The molecule has 0 saturated carbocycles. The molecule has 0 aliphatic heterocycles. The van der Waals surface area contributed by atoms with Crippen LogP contribution < -0.4 is 15.8 Å². The predicted molar refractivity (Wildman–Crippen MR) is 82.3 cm³/mol. The molecule has 1 unspecified atom stereocenters. The van der Waals surface area contributed by atoms with Crippen molar-refractivity contribution in [2.24, 2.45) is 10.7 Å². The van der Waals surface area contributed by atoms with Crippen molar-refractivity contribution in [2.75, 3.05) is 19.7 Å². The molecule has 0 saturated heterocycles. The number of hydrogen-bond donors (Lipinski definition) is 3. The van der Waals surface area contributed by atoms with Crippen molar-refractivity contribution in [3.05, 3.63) is 29.8 Å². The molecule has 1 rings (SSSR count). The van der Waals surface area contributed by atoms with Crippen LogP contribution in [0.15, 0.2) is 29.3 Å². The van der Waals surface area contributed by atoms with E-state index in [4.69, 9.17) is 10.5 Å². The lowest BCUT2D eigenvalue weighted by atomic mass is 10.2. The highest BCUT2D eigenvalue weighted by Crippen LogP contribution is 2.31. The quantitative estimate of drug-likeness (QED) is 0.387. The lowest BCUT2D eigenvalue weighted by molar-refractivity contribution is -0.137. The van der Waals surface area contributed by atoms with Crippen molar-refractivity contribution in [3.8, 4) is 5.75 Å². The lowest BCUT2D eigenvalue weighted by Gasteiger charge is -2.13. The van der Waals surface area contributed by atoms with Crippen molar-refractivity contribution < 1.29 is 23.0 Å². The second-order valence-electron chi connectivity index (χ2n) is 5.00. The summed E-state index contributed by atoms with van der Waals surface area (Å²) in [5, 5.41) is 12.6. The Hall–Kier alpha value is -1.96. The van der Waals surface area contributed by atoms with E-state index in [2.05, 4.69) is 10.3 Å². The van der Waals surface area contributed by atoms with Gasteiger partial charge < -0.3 is 20.9 Å². The molecule has 130 valence electrons. The van der Waals surface area contributed by atoms with E-state index in [0.29, 0.717) is 6.54 Å². The van der Waals surface area contributed by atoms with Crippen molar-refractivity contribution >= 4 is 5.96 Å². The average molecular weight is 333 g/mol. The smallest absolute Gasteiger partial charge is 0.416 e. The standard InChI is InChI=1S/C15H22F3N3O2/c1-2-3-7-20-14(19)21-9-12(22)10-23-13-6-4-5-11(8-13)15(16,17)18/h4-6,8,12,22H,2-3,7,9-10H2,1H3,(H3,19,20,21). The van der Waals surface area contributed by atoms with E-state index in [1.165, 1.54) is 12.1 Å². The molecule has 0 aromatic heterocycles. The maximum Gasteiger partial charge on any atom is 0.416 e. The number of unbranched alkanes of at least 4 members (excludes halogenated alkanes) is 1. The number of aliphatic hydroxyl groups excluding tert-OH is 1. The van der Waals surface area contributed by atoms with Crippen LogP contribution in [0.2, 0.25) is 0 Å². The predicted octanol–water partition coefficient (Wildman–Crippen LogP) is 2.15. The Morgan fingerprint density at radius 1 is 1.43 bits per heavy atom. The first-order chi connectivity index (χ1) is 10.8. The van der Waals surface area contributed by atoms with E-state index < -0.39 is 17.8 Å². The number of ether oxygens (including phenoxy) is 1. The number of guanidine groups is 1. The topological polar surface area (TPSA) is 79.9 Å². The van der Waals surface area contributed by atoms with E-state index in [9.17, 15) is 18.3 Å². The van der Waals surface area contributed by atoms with Crippen LogP contribution in [0.4, 0.5) is 13.2 Å². The van der Waals surface area contributed by atoms with E-state index in [1.807, 2.05) is 6.92 Å². The molecular formula is C15H22F3N3O2. The molecule has 8 heteroatoms. The number of nitrogens with two attached hydrogens (primary N) is 1. The summed E-state index contributed by atoms with van der Waals surface area (Å²) in [5.41, 5.74) is 4.80. The maximum atomic E-state index is 12.6. The number of hydrogen-bond acceptors (Lipinski definition) is 3. The monoisotopic (exact) mass is 333 g/mol. The van der Waals surface area contributed by atoms with E-state index in [0.717, 1.165) is 25.0 Å². The molecule has 0 spiro atoms. The zero-order valence-electron chi connectivity index (χ0n) is 12.9. The fourth-order valence-corrected chi connectivity index (χ4v) is 1.66. The van der Waals surface area contributed by atoms with Crippen LogP contribution in [0, 0.1) is 0 Å². The molecule has 0 heterocycles. The van der Waals surface area contributed by atoms with Crippen LogP contribution in [0.1, 0.15) is 25.3 Å². The highest BCUT2D eigenvalue weighted by Gasteiger charge is 2.30. The first-order valence-corrected chi connectivity index (χ1v) is 7.34. The number of benzene rings is 1. The van der Waals surface area contributed by atoms with Gasteiger partial charge in [-0.3, -0.25) is 4.99 Å². The normalized spacial score (nSPS) is 13.7. The fourth-order valence-electron chi connectivity index (χ4n) is 1.66. The number of rotatable bonds is 8. The molecule has 5 nitrogen and oxygen atoms in total. The zero-order chi connectivity index (χ0) is 17.3. The Labute approximate surface area is 133 Å². The molecule has 4 N–H and O–H groups in total. The summed E-state index contributed by atoms with van der Waals surface area (Å²) < 4.78 is 42.8. The molecule has 0 radical (unpaired) electrons. The third kappa shape index (κ3) is 7.73. The van der Waals surface area contributed by atoms with Gasteiger partial charge in [-0.05, 0) is 24.6 Å². The Bertz CT molecular complexity index is 507. The van der Waals surface area contributed by atoms with Crippen molar-refractivity contribution in [1.82, 2.24) is 5.32 Å².